The van der Waals surface area contributed by atoms with Crippen molar-refractivity contribution in [3.63, 3.8) is 0 Å². The van der Waals surface area contributed by atoms with Crippen LogP contribution in [0.3, 0.4) is 0 Å². The number of carbonyl (C=O) groups excluding carboxylic acids is 1. The van der Waals surface area contributed by atoms with Gasteiger partial charge in [0.05, 0.1) is 0 Å². The lowest BCUT2D eigenvalue weighted by Crippen LogP contribution is -2.29. The van der Waals surface area contributed by atoms with E-state index in [4.69, 9.17) is 4.42 Å². The third-order valence-corrected chi connectivity index (χ3v) is 5.31. The van der Waals surface area contributed by atoms with Crippen LogP contribution < -0.4 is 5.32 Å². The minimum absolute atomic E-state index is 0.0934. The molecule has 29 heavy (non-hydrogen) atoms. The van der Waals surface area contributed by atoms with E-state index < -0.39 is 0 Å². The molecule has 2 heterocycles. The predicted octanol–water partition coefficient (Wildman–Crippen LogP) is 4.34. The minimum atomic E-state index is -0.269. The lowest BCUT2D eigenvalue weighted by atomic mass is 10.1. The molecule has 1 atom stereocenters. The fraction of sp³-hybridized carbons (Fsp3) is 0.182. The van der Waals surface area contributed by atoms with E-state index in [-0.39, 0.29) is 18.4 Å². The monoisotopic (exact) mass is 404 g/mol. The van der Waals surface area contributed by atoms with Gasteiger partial charge in [-0.25, -0.2) is 4.98 Å². The van der Waals surface area contributed by atoms with Crippen molar-refractivity contribution in [3.05, 3.63) is 88.2 Å². The Balaban J connectivity index is 1.40. The Hall–Kier alpha value is -3.32. The number of nitrogens with one attached hydrogen (secondary N) is 1. The Morgan fingerprint density at radius 3 is 2.62 bits per heavy atom. The van der Waals surface area contributed by atoms with Crippen molar-refractivity contribution in [2.45, 2.75) is 25.8 Å². The second-order valence-corrected chi connectivity index (χ2v) is 7.57. The van der Waals surface area contributed by atoms with Crippen molar-refractivity contribution in [2.24, 2.45) is 0 Å². The van der Waals surface area contributed by atoms with Crippen LogP contribution in [0, 0.1) is 6.92 Å². The number of amides is 1. The SMILES string of the molecule is Cc1ccc(-c2nnc(CCC(=O)NC(c3ccccc3)c3nccs3)o2)cc1. The molecule has 1 unspecified atom stereocenters. The summed E-state index contributed by atoms with van der Waals surface area (Å²) in [5.74, 6) is 0.815. The molecule has 0 spiro atoms. The van der Waals surface area contributed by atoms with E-state index in [0.717, 1.165) is 16.1 Å². The van der Waals surface area contributed by atoms with E-state index in [0.29, 0.717) is 18.2 Å². The zero-order chi connectivity index (χ0) is 20.1. The topological polar surface area (TPSA) is 80.9 Å². The van der Waals surface area contributed by atoms with Gasteiger partial charge in [0.15, 0.2) is 0 Å². The fourth-order valence-electron chi connectivity index (χ4n) is 2.93. The van der Waals surface area contributed by atoms with Gasteiger partial charge < -0.3 is 9.73 Å². The molecule has 7 heteroatoms. The summed E-state index contributed by atoms with van der Waals surface area (Å²) in [5.41, 5.74) is 3.03. The van der Waals surface area contributed by atoms with Crippen LogP contribution in [-0.4, -0.2) is 21.1 Å². The normalized spacial score (nSPS) is 11.9. The first kappa shape index (κ1) is 19.0. The second kappa shape index (κ2) is 8.79. The number of aromatic nitrogens is 3. The molecule has 0 aliphatic rings. The van der Waals surface area contributed by atoms with Crippen molar-refractivity contribution in [3.8, 4) is 11.5 Å². The highest BCUT2D eigenvalue weighted by molar-refractivity contribution is 7.09. The van der Waals surface area contributed by atoms with Crippen LogP contribution in [0.2, 0.25) is 0 Å². The number of thiazole rings is 1. The minimum Gasteiger partial charge on any atom is -0.421 e. The maximum Gasteiger partial charge on any atom is 0.247 e. The number of hydrogen-bond donors (Lipinski definition) is 1. The Morgan fingerprint density at radius 1 is 1.10 bits per heavy atom. The molecule has 1 amide bonds. The molecule has 4 rings (SSSR count). The van der Waals surface area contributed by atoms with Gasteiger partial charge in [0.1, 0.15) is 11.0 Å². The Morgan fingerprint density at radius 2 is 1.90 bits per heavy atom. The van der Waals surface area contributed by atoms with E-state index in [1.807, 2.05) is 66.9 Å². The summed E-state index contributed by atoms with van der Waals surface area (Å²) >= 11 is 1.52. The van der Waals surface area contributed by atoms with Crippen LogP contribution in [0.4, 0.5) is 0 Å². The van der Waals surface area contributed by atoms with Gasteiger partial charge in [-0.2, -0.15) is 0 Å². The largest absolute Gasteiger partial charge is 0.421 e. The van der Waals surface area contributed by atoms with Crippen molar-refractivity contribution < 1.29 is 9.21 Å². The second-order valence-electron chi connectivity index (χ2n) is 6.65. The molecule has 4 aromatic rings. The number of aryl methyl sites for hydroxylation is 2. The standard InChI is InChI=1S/C22H20N4O2S/c1-15-7-9-17(10-8-15)21-26-25-19(28-21)12-11-18(27)24-20(22-23-13-14-29-22)16-5-3-2-4-6-16/h2-10,13-14,20H,11-12H2,1H3,(H,24,27). The summed E-state index contributed by atoms with van der Waals surface area (Å²) in [6, 6.07) is 17.4. The molecule has 1 N–H and O–H groups in total. The Bertz CT molecular complexity index is 1060. The highest BCUT2D eigenvalue weighted by Gasteiger charge is 2.19. The van der Waals surface area contributed by atoms with Gasteiger partial charge >= 0.3 is 0 Å². The van der Waals surface area contributed by atoms with Crippen LogP contribution >= 0.6 is 11.3 Å². The van der Waals surface area contributed by atoms with Crippen molar-refractivity contribution >= 4 is 17.2 Å². The fourth-order valence-corrected chi connectivity index (χ4v) is 3.65. The number of hydrogen-bond acceptors (Lipinski definition) is 6. The third-order valence-electron chi connectivity index (χ3n) is 4.47. The van der Waals surface area contributed by atoms with Crippen LogP contribution in [-0.2, 0) is 11.2 Å². The van der Waals surface area contributed by atoms with E-state index in [1.54, 1.807) is 6.20 Å². The predicted molar refractivity (Wildman–Crippen MR) is 111 cm³/mol. The number of benzene rings is 2. The molecule has 2 aromatic heterocycles. The summed E-state index contributed by atoms with van der Waals surface area (Å²) in [7, 11) is 0. The highest BCUT2D eigenvalue weighted by Crippen LogP contribution is 2.24. The number of carbonyl (C=O) groups is 1. The van der Waals surface area contributed by atoms with E-state index in [1.165, 1.54) is 16.9 Å². The average Bonchev–Trinajstić information content (AvgIpc) is 3.44. The molecular weight excluding hydrogens is 384 g/mol. The number of nitrogens with zero attached hydrogens (tertiary/aromatic N) is 3. The molecule has 0 saturated heterocycles. The summed E-state index contributed by atoms with van der Waals surface area (Å²) in [6.07, 6.45) is 2.38. The van der Waals surface area contributed by atoms with E-state index in [2.05, 4.69) is 20.5 Å². The smallest absolute Gasteiger partial charge is 0.247 e. The first-order valence-electron chi connectivity index (χ1n) is 9.32. The molecular formula is C22H20N4O2S. The summed E-state index contributed by atoms with van der Waals surface area (Å²) in [5, 5.41) is 14.0. The van der Waals surface area contributed by atoms with E-state index >= 15 is 0 Å². The maximum atomic E-state index is 12.6. The lowest BCUT2D eigenvalue weighted by molar-refractivity contribution is -0.121. The van der Waals surface area contributed by atoms with E-state index in [9.17, 15) is 4.79 Å². The summed E-state index contributed by atoms with van der Waals surface area (Å²) in [6.45, 7) is 2.02. The molecule has 0 aliphatic heterocycles. The first-order chi connectivity index (χ1) is 14.2. The van der Waals surface area contributed by atoms with Gasteiger partial charge in [0, 0.05) is 30.0 Å². The van der Waals surface area contributed by atoms with Crippen LogP contribution in [0.15, 0.2) is 70.6 Å². The summed E-state index contributed by atoms with van der Waals surface area (Å²) < 4.78 is 5.71. The van der Waals surface area contributed by atoms with Crippen molar-refractivity contribution in [1.82, 2.24) is 20.5 Å². The summed E-state index contributed by atoms with van der Waals surface area (Å²) in [4.78, 5) is 17.0. The molecule has 0 saturated carbocycles. The molecule has 0 aliphatic carbocycles. The molecule has 6 nitrogen and oxygen atoms in total. The van der Waals surface area contributed by atoms with Gasteiger partial charge in [0.2, 0.25) is 17.7 Å². The third kappa shape index (κ3) is 4.75. The number of rotatable bonds is 7. The van der Waals surface area contributed by atoms with Crippen molar-refractivity contribution in [2.75, 3.05) is 0 Å². The van der Waals surface area contributed by atoms with Crippen molar-refractivity contribution in [1.29, 1.82) is 0 Å². The lowest BCUT2D eigenvalue weighted by Gasteiger charge is -2.16. The van der Waals surface area contributed by atoms with Gasteiger partial charge in [-0.1, -0.05) is 48.0 Å². The molecule has 2 aromatic carbocycles. The first-order valence-corrected chi connectivity index (χ1v) is 10.2. The van der Waals surface area contributed by atoms with Crippen LogP contribution in [0.1, 0.15) is 34.5 Å². The molecule has 0 bridgehead atoms. The van der Waals surface area contributed by atoms with Crippen LogP contribution in [0.5, 0.6) is 0 Å². The van der Waals surface area contributed by atoms with Gasteiger partial charge in [-0.15, -0.1) is 21.5 Å². The Kier molecular flexibility index (Phi) is 5.76. The van der Waals surface area contributed by atoms with Gasteiger partial charge in [0.25, 0.3) is 0 Å². The molecule has 146 valence electrons. The zero-order valence-corrected chi connectivity index (χ0v) is 16.7. The van der Waals surface area contributed by atoms with Gasteiger partial charge in [-0.05, 0) is 24.6 Å². The highest BCUT2D eigenvalue weighted by atomic mass is 32.1. The molecule has 0 radical (unpaired) electrons. The van der Waals surface area contributed by atoms with Crippen LogP contribution in [0.25, 0.3) is 11.5 Å². The zero-order valence-electron chi connectivity index (χ0n) is 15.9. The Labute approximate surface area is 172 Å². The molecule has 0 fully saturated rings. The maximum absolute atomic E-state index is 12.6. The van der Waals surface area contributed by atoms with Gasteiger partial charge in [-0.3, -0.25) is 4.79 Å². The average molecular weight is 404 g/mol. The quantitative estimate of drug-likeness (QED) is 0.496.